The van der Waals surface area contributed by atoms with E-state index in [9.17, 15) is 0 Å². The van der Waals surface area contributed by atoms with Crippen molar-refractivity contribution in [2.24, 2.45) is 5.92 Å². The fraction of sp³-hybridized carbons (Fsp3) is 0.647. The zero-order valence-corrected chi connectivity index (χ0v) is 12.6. The van der Waals surface area contributed by atoms with E-state index in [0.29, 0.717) is 0 Å². The SMILES string of the molecule is CC.CCC(CC)c1ccc(CC(C)C)cc1. The van der Waals surface area contributed by atoms with Gasteiger partial charge >= 0.3 is 0 Å². The first-order chi connectivity index (χ1) is 8.17. The highest BCUT2D eigenvalue weighted by atomic mass is 14.1. The van der Waals surface area contributed by atoms with Crippen LogP contribution < -0.4 is 0 Å². The maximum atomic E-state index is 2.31. The minimum Gasteiger partial charge on any atom is -0.0683 e. The first kappa shape index (κ1) is 16.2. The Bertz CT molecular complexity index is 265. The van der Waals surface area contributed by atoms with E-state index in [1.165, 1.54) is 30.4 Å². The number of benzene rings is 1. The third kappa shape index (κ3) is 5.91. The summed E-state index contributed by atoms with van der Waals surface area (Å²) in [5.41, 5.74) is 2.98. The molecule has 0 aliphatic carbocycles. The van der Waals surface area contributed by atoms with E-state index in [1.54, 1.807) is 0 Å². The van der Waals surface area contributed by atoms with E-state index in [4.69, 9.17) is 0 Å². The lowest BCUT2D eigenvalue weighted by Gasteiger charge is -2.13. The summed E-state index contributed by atoms with van der Waals surface area (Å²) in [5, 5.41) is 0. The van der Waals surface area contributed by atoms with Gasteiger partial charge in [0.25, 0.3) is 0 Å². The van der Waals surface area contributed by atoms with E-state index in [0.717, 1.165) is 11.8 Å². The van der Waals surface area contributed by atoms with Crippen molar-refractivity contribution in [3.8, 4) is 0 Å². The molecule has 0 fully saturated rings. The Morgan fingerprint density at radius 1 is 0.882 bits per heavy atom. The zero-order valence-electron chi connectivity index (χ0n) is 12.6. The van der Waals surface area contributed by atoms with Crippen LogP contribution in [0.4, 0.5) is 0 Å². The van der Waals surface area contributed by atoms with Crippen molar-refractivity contribution in [1.29, 1.82) is 0 Å². The maximum Gasteiger partial charge on any atom is -0.0167 e. The number of hydrogen-bond acceptors (Lipinski definition) is 0. The summed E-state index contributed by atoms with van der Waals surface area (Å²) in [5.74, 6) is 1.50. The van der Waals surface area contributed by atoms with Crippen LogP contribution in [-0.4, -0.2) is 0 Å². The Hall–Kier alpha value is -0.780. The van der Waals surface area contributed by atoms with E-state index < -0.39 is 0 Å². The molecule has 0 amide bonds. The standard InChI is InChI=1S/C15H24.C2H6/c1-5-14(6-2)15-9-7-13(8-10-15)11-12(3)4;1-2/h7-10,12,14H,5-6,11H2,1-4H3;1-2H3. The van der Waals surface area contributed by atoms with Gasteiger partial charge in [-0.3, -0.25) is 0 Å². The Morgan fingerprint density at radius 3 is 1.71 bits per heavy atom. The van der Waals surface area contributed by atoms with Gasteiger partial charge in [-0.15, -0.1) is 0 Å². The summed E-state index contributed by atoms with van der Waals surface area (Å²) in [4.78, 5) is 0. The third-order valence-electron chi connectivity index (χ3n) is 3.08. The van der Waals surface area contributed by atoms with Gasteiger partial charge in [0.2, 0.25) is 0 Å². The monoisotopic (exact) mass is 234 g/mol. The molecule has 0 aliphatic heterocycles. The molecule has 0 atom stereocenters. The third-order valence-corrected chi connectivity index (χ3v) is 3.08. The van der Waals surface area contributed by atoms with E-state index in [1.807, 2.05) is 13.8 Å². The van der Waals surface area contributed by atoms with Crippen LogP contribution in [0, 0.1) is 5.92 Å². The minimum absolute atomic E-state index is 0.748. The molecule has 17 heavy (non-hydrogen) atoms. The van der Waals surface area contributed by atoms with E-state index in [-0.39, 0.29) is 0 Å². The van der Waals surface area contributed by atoms with Gasteiger partial charge in [0.1, 0.15) is 0 Å². The quantitative estimate of drug-likeness (QED) is 0.602. The predicted octanol–water partition coefficient (Wildman–Crippen LogP) is 5.81. The van der Waals surface area contributed by atoms with Crippen molar-refractivity contribution in [2.45, 2.75) is 66.7 Å². The lowest BCUT2D eigenvalue weighted by atomic mass is 9.92. The summed E-state index contributed by atoms with van der Waals surface area (Å²) >= 11 is 0. The van der Waals surface area contributed by atoms with Gasteiger partial charge in [-0.2, -0.15) is 0 Å². The van der Waals surface area contributed by atoms with Gasteiger partial charge in [0, 0.05) is 0 Å². The second kappa shape index (κ2) is 9.27. The van der Waals surface area contributed by atoms with Crippen LogP contribution in [0.25, 0.3) is 0 Å². The molecule has 0 radical (unpaired) electrons. The summed E-state index contributed by atoms with van der Waals surface area (Å²) in [6.45, 7) is 13.1. The molecule has 1 rings (SSSR count). The lowest BCUT2D eigenvalue weighted by Crippen LogP contribution is -1.97. The molecular weight excluding hydrogens is 204 g/mol. The van der Waals surface area contributed by atoms with Crippen molar-refractivity contribution in [2.75, 3.05) is 0 Å². The highest BCUT2D eigenvalue weighted by molar-refractivity contribution is 5.25. The van der Waals surface area contributed by atoms with Gasteiger partial charge in [0.05, 0.1) is 0 Å². The van der Waals surface area contributed by atoms with Crippen LogP contribution in [0.15, 0.2) is 24.3 Å². The van der Waals surface area contributed by atoms with E-state index in [2.05, 4.69) is 52.0 Å². The Labute approximate surface area is 108 Å². The van der Waals surface area contributed by atoms with Crippen LogP contribution in [0.5, 0.6) is 0 Å². The molecule has 0 saturated carbocycles. The Kier molecular flexibility index (Phi) is 8.85. The summed E-state index contributed by atoms with van der Waals surface area (Å²) < 4.78 is 0. The zero-order chi connectivity index (χ0) is 13.3. The van der Waals surface area contributed by atoms with Crippen LogP contribution >= 0.6 is 0 Å². The number of hydrogen-bond donors (Lipinski definition) is 0. The van der Waals surface area contributed by atoms with Crippen LogP contribution in [0.3, 0.4) is 0 Å². The van der Waals surface area contributed by atoms with Crippen LogP contribution in [0.2, 0.25) is 0 Å². The molecule has 0 N–H and O–H groups in total. The molecule has 0 spiro atoms. The molecule has 0 nitrogen and oxygen atoms in total. The summed E-state index contributed by atoms with van der Waals surface area (Å²) in [6.07, 6.45) is 3.70. The smallest absolute Gasteiger partial charge is 0.0167 e. The second-order valence-corrected chi connectivity index (χ2v) is 4.85. The van der Waals surface area contributed by atoms with Crippen molar-refractivity contribution in [3.05, 3.63) is 35.4 Å². The van der Waals surface area contributed by atoms with Crippen molar-refractivity contribution >= 4 is 0 Å². The van der Waals surface area contributed by atoms with Crippen molar-refractivity contribution < 1.29 is 0 Å². The summed E-state index contributed by atoms with van der Waals surface area (Å²) in [6, 6.07) is 9.23. The molecule has 1 aromatic rings. The molecule has 0 saturated heterocycles. The van der Waals surface area contributed by atoms with Crippen LogP contribution in [-0.2, 0) is 6.42 Å². The molecular formula is C17H30. The normalized spacial score (nSPS) is 10.4. The van der Waals surface area contributed by atoms with Crippen molar-refractivity contribution in [1.82, 2.24) is 0 Å². The first-order valence-corrected chi connectivity index (χ1v) is 7.26. The average Bonchev–Trinajstić information content (AvgIpc) is 2.35. The average molecular weight is 234 g/mol. The van der Waals surface area contributed by atoms with Gasteiger partial charge in [-0.1, -0.05) is 65.8 Å². The van der Waals surface area contributed by atoms with Gasteiger partial charge in [-0.05, 0) is 42.2 Å². The highest BCUT2D eigenvalue weighted by Gasteiger charge is 2.06. The van der Waals surface area contributed by atoms with Gasteiger partial charge < -0.3 is 0 Å². The Balaban J connectivity index is 0.00000121. The molecule has 0 unspecified atom stereocenters. The van der Waals surface area contributed by atoms with Gasteiger partial charge in [-0.25, -0.2) is 0 Å². The molecule has 0 aliphatic rings. The molecule has 98 valence electrons. The molecule has 1 aromatic carbocycles. The maximum absolute atomic E-state index is 2.31. The second-order valence-electron chi connectivity index (χ2n) is 4.85. The van der Waals surface area contributed by atoms with Crippen molar-refractivity contribution in [3.63, 3.8) is 0 Å². The van der Waals surface area contributed by atoms with Gasteiger partial charge in [0.15, 0.2) is 0 Å². The topological polar surface area (TPSA) is 0 Å². The lowest BCUT2D eigenvalue weighted by molar-refractivity contribution is 0.635. The molecule has 0 heteroatoms. The Morgan fingerprint density at radius 2 is 1.35 bits per heavy atom. The highest BCUT2D eigenvalue weighted by Crippen LogP contribution is 2.23. The molecule has 0 heterocycles. The summed E-state index contributed by atoms with van der Waals surface area (Å²) in [7, 11) is 0. The largest absolute Gasteiger partial charge is 0.0683 e. The fourth-order valence-corrected chi connectivity index (χ4v) is 2.16. The predicted molar refractivity (Wildman–Crippen MR) is 79.7 cm³/mol. The van der Waals surface area contributed by atoms with E-state index >= 15 is 0 Å². The van der Waals surface area contributed by atoms with Crippen LogP contribution in [0.1, 0.15) is 71.4 Å². The minimum atomic E-state index is 0.748. The molecule has 0 aromatic heterocycles. The fourth-order valence-electron chi connectivity index (χ4n) is 2.16. The first-order valence-electron chi connectivity index (χ1n) is 7.26. The number of rotatable bonds is 5. The molecule has 0 bridgehead atoms.